The molecule has 4 aromatic rings. The minimum atomic E-state index is 0.487. The van der Waals surface area contributed by atoms with Gasteiger partial charge in [0, 0.05) is 6.54 Å². The van der Waals surface area contributed by atoms with E-state index in [1.165, 1.54) is 5.56 Å². The highest BCUT2D eigenvalue weighted by Gasteiger charge is 2.09. The highest BCUT2D eigenvalue weighted by atomic mass is 16.5. The lowest BCUT2D eigenvalue weighted by Crippen LogP contribution is -2.03. The van der Waals surface area contributed by atoms with E-state index >= 15 is 0 Å². The van der Waals surface area contributed by atoms with Gasteiger partial charge in [0.05, 0.1) is 19.9 Å². The Morgan fingerprint density at radius 3 is 2.00 bits per heavy atom. The first-order valence-electron chi connectivity index (χ1n) is 10.6. The number of hydrogen-bond donors (Lipinski definition) is 1. The average molecular weight is 426 g/mol. The monoisotopic (exact) mass is 425 g/mol. The molecule has 0 spiro atoms. The predicted octanol–water partition coefficient (Wildman–Crippen LogP) is 6.56. The van der Waals surface area contributed by atoms with Gasteiger partial charge in [-0.1, -0.05) is 72.8 Å². The number of methoxy groups -OCH3 is 2. The van der Waals surface area contributed by atoms with Gasteiger partial charge in [0.1, 0.15) is 12.4 Å². The van der Waals surface area contributed by atoms with Crippen molar-refractivity contribution in [2.45, 2.75) is 13.2 Å². The van der Waals surface area contributed by atoms with E-state index in [1.54, 1.807) is 14.2 Å². The number of anilines is 1. The zero-order valence-corrected chi connectivity index (χ0v) is 18.4. The summed E-state index contributed by atoms with van der Waals surface area (Å²) >= 11 is 0. The zero-order chi connectivity index (χ0) is 22.2. The van der Waals surface area contributed by atoms with E-state index in [1.807, 2.05) is 72.8 Å². The lowest BCUT2D eigenvalue weighted by atomic mass is 10.0. The molecule has 4 nitrogen and oxygen atoms in total. The van der Waals surface area contributed by atoms with Crippen LogP contribution < -0.4 is 19.5 Å². The molecule has 0 saturated heterocycles. The number of hydrogen-bond acceptors (Lipinski definition) is 4. The summed E-state index contributed by atoms with van der Waals surface area (Å²) in [5, 5.41) is 3.51. The second-order valence-electron chi connectivity index (χ2n) is 7.39. The Hall–Kier alpha value is -3.92. The molecule has 0 atom stereocenters. The summed E-state index contributed by atoms with van der Waals surface area (Å²) in [5.74, 6) is 2.24. The summed E-state index contributed by atoms with van der Waals surface area (Å²) in [6.07, 6.45) is 0. The Balaban J connectivity index is 1.50. The van der Waals surface area contributed by atoms with Crippen molar-refractivity contribution in [1.82, 2.24) is 0 Å². The van der Waals surface area contributed by atoms with E-state index in [-0.39, 0.29) is 0 Å². The highest BCUT2D eigenvalue weighted by molar-refractivity contribution is 5.72. The Bertz CT molecular complexity index is 1140. The molecule has 0 aliphatic heterocycles. The average Bonchev–Trinajstić information content (AvgIpc) is 2.87. The Morgan fingerprint density at radius 1 is 0.594 bits per heavy atom. The third-order valence-electron chi connectivity index (χ3n) is 5.25. The zero-order valence-electron chi connectivity index (χ0n) is 18.4. The van der Waals surface area contributed by atoms with Crippen LogP contribution in [0.2, 0.25) is 0 Å². The van der Waals surface area contributed by atoms with Crippen LogP contribution >= 0.6 is 0 Å². The van der Waals surface area contributed by atoms with Crippen molar-refractivity contribution in [3.63, 3.8) is 0 Å². The van der Waals surface area contributed by atoms with Gasteiger partial charge in [0.25, 0.3) is 0 Å². The molecule has 0 radical (unpaired) electrons. The maximum atomic E-state index is 6.05. The minimum absolute atomic E-state index is 0.487. The van der Waals surface area contributed by atoms with Crippen molar-refractivity contribution in [3.8, 4) is 28.4 Å². The molecule has 0 aliphatic rings. The summed E-state index contributed by atoms with van der Waals surface area (Å²) in [6, 6.07) is 32.6. The third kappa shape index (κ3) is 5.22. The summed E-state index contributed by atoms with van der Waals surface area (Å²) < 4.78 is 17.1. The van der Waals surface area contributed by atoms with E-state index in [9.17, 15) is 0 Å². The summed E-state index contributed by atoms with van der Waals surface area (Å²) in [5.41, 5.74) is 5.44. The van der Waals surface area contributed by atoms with Crippen LogP contribution in [0.1, 0.15) is 11.1 Å². The van der Waals surface area contributed by atoms with Crippen LogP contribution in [-0.2, 0) is 13.2 Å². The van der Waals surface area contributed by atoms with Gasteiger partial charge in [-0.15, -0.1) is 0 Å². The van der Waals surface area contributed by atoms with Gasteiger partial charge in [0.2, 0.25) is 0 Å². The maximum Gasteiger partial charge on any atom is 0.162 e. The molecule has 1 N–H and O–H groups in total. The van der Waals surface area contributed by atoms with E-state index in [0.29, 0.717) is 18.9 Å². The second-order valence-corrected chi connectivity index (χ2v) is 7.39. The van der Waals surface area contributed by atoms with Crippen molar-refractivity contribution in [3.05, 3.63) is 108 Å². The van der Waals surface area contributed by atoms with Gasteiger partial charge in [0.15, 0.2) is 11.5 Å². The lowest BCUT2D eigenvalue weighted by Gasteiger charge is -2.15. The molecule has 0 fully saturated rings. The molecule has 162 valence electrons. The molecule has 0 bridgehead atoms. The Kier molecular flexibility index (Phi) is 6.93. The Labute approximate surface area is 189 Å². The molecule has 0 aliphatic carbocycles. The van der Waals surface area contributed by atoms with Gasteiger partial charge in [-0.3, -0.25) is 0 Å². The largest absolute Gasteiger partial charge is 0.495 e. The molecule has 0 saturated carbocycles. The quantitative estimate of drug-likeness (QED) is 0.330. The van der Waals surface area contributed by atoms with Gasteiger partial charge in [-0.2, -0.15) is 0 Å². The second kappa shape index (κ2) is 10.4. The van der Waals surface area contributed by atoms with Crippen LogP contribution in [0.15, 0.2) is 97.1 Å². The topological polar surface area (TPSA) is 39.7 Å². The highest BCUT2D eigenvalue weighted by Crippen LogP contribution is 2.32. The first kappa shape index (κ1) is 21.3. The number of ether oxygens (including phenoxy) is 3. The van der Waals surface area contributed by atoms with Crippen LogP contribution in [0.4, 0.5) is 5.69 Å². The van der Waals surface area contributed by atoms with Crippen molar-refractivity contribution in [2.24, 2.45) is 0 Å². The van der Waals surface area contributed by atoms with Crippen LogP contribution in [0.25, 0.3) is 11.1 Å². The number of benzene rings is 4. The molecule has 4 rings (SSSR count). The van der Waals surface area contributed by atoms with Gasteiger partial charge in [-0.25, -0.2) is 0 Å². The fraction of sp³-hybridized carbons (Fsp3) is 0.143. The van der Waals surface area contributed by atoms with Crippen LogP contribution in [-0.4, -0.2) is 14.2 Å². The third-order valence-corrected chi connectivity index (χ3v) is 5.25. The summed E-state index contributed by atoms with van der Waals surface area (Å²) in [6.45, 7) is 1.11. The lowest BCUT2D eigenvalue weighted by molar-refractivity contribution is 0.284. The molecular formula is C28H27NO3. The van der Waals surface area contributed by atoms with Gasteiger partial charge < -0.3 is 19.5 Å². The van der Waals surface area contributed by atoms with Crippen molar-refractivity contribution < 1.29 is 14.2 Å². The van der Waals surface area contributed by atoms with Gasteiger partial charge in [-0.05, 0) is 46.5 Å². The minimum Gasteiger partial charge on any atom is -0.495 e. The van der Waals surface area contributed by atoms with Crippen molar-refractivity contribution >= 4 is 5.69 Å². The summed E-state index contributed by atoms with van der Waals surface area (Å²) in [7, 11) is 3.34. The first-order chi connectivity index (χ1) is 15.8. The number of rotatable bonds is 9. The smallest absolute Gasteiger partial charge is 0.162 e. The molecule has 0 unspecified atom stereocenters. The number of nitrogens with one attached hydrogen (secondary N) is 1. The maximum absolute atomic E-state index is 6.05. The van der Waals surface area contributed by atoms with Crippen LogP contribution in [0.3, 0.4) is 0 Å². The SMILES string of the molecule is COc1ccc(-c2ccccc2)cc1NCc1ccc(OC)c(OCc2ccccc2)c1. The standard InChI is InChI=1S/C28H27NO3/c1-30-26-16-14-24(23-11-7-4-8-12-23)18-25(26)29-19-22-13-15-27(31-2)28(17-22)32-20-21-9-5-3-6-10-21/h3-18,29H,19-20H2,1-2H3. The fourth-order valence-electron chi connectivity index (χ4n) is 3.53. The Morgan fingerprint density at radius 2 is 1.28 bits per heavy atom. The van der Waals surface area contributed by atoms with E-state index in [4.69, 9.17) is 14.2 Å². The molecule has 4 heteroatoms. The molecule has 0 aromatic heterocycles. The molecule has 0 amide bonds. The molecule has 4 aromatic carbocycles. The van der Waals surface area contributed by atoms with Crippen LogP contribution in [0.5, 0.6) is 17.2 Å². The molecule has 32 heavy (non-hydrogen) atoms. The first-order valence-corrected chi connectivity index (χ1v) is 10.6. The van der Waals surface area contributed by atoms with E-state index in [0.717, 1.165) is 33.9 Å². The van der Waals surface area contributed by atoms with Crippen LogP contribution in [0, 0.1) is 0 Å². The van der Waals surface area contributed by atoms with Crippen molar-refractivity contribution in [2.75, 3.05) is 19.5 Å². The molecule has 0 heterocycles. The van der Waals surface area contributed by atoms with E-state index < -0.39 is 0 Å². The predicted molar refractivity (Wildman–Crippen MR) is 130 cm³/mol. The van der Waals surface area contributed by atoms with E-state index in [2.05, 4.69) is 29.6 Å². The van der Waals surface area contributed by atoms with Crippen molar-refractivity contribution in [1.29, 1.82) is 0 Å². The summed E-state index contributed by atoms with van der Waals surface area (Å²) in [4.78, 5) is 0. The molecular weight excluding hydrogens is 398 g/mol. The fourth-order valence-corrected chi connectivity index (χ4v) is 3.53. The van der Waals surface area contributed by atoms with Gasteiger partial charge >= 0.3 is 0 Å². The normalized spacial score (nSPS) is 10.4.